The molecule has 5 heteroatoms. The number of rotatable bonds is 5. The van der Waals surface area contributed by atoms with Gasteiger partial charge in [0.2, 0.25) is 0 Å². The molecule has 5 nitrogen and oxygen atoms in total. The maximum atomic E-state index is 12.7. The Morgan fingerprint density at radius 1 is 0.962 bits per heavy atom. The topological polar surface area (TPSA) is 63.7 Å². The first-order chi connectivity index (χ1) is 12.4. The monoisotopic (exact) mass is 351 g/mol. The molecule has 0 aliphatic carbocycles. The second-order valence-electron chi connectivity index (χ2n) is 6.81. The van der Waals surface area contributed by atoms with Gasteiger partial charge in [-0.25, -0.2) is 4.79 Å². The van der Waals surface area contributed by atoms with E-state index in [1.807, 2.05) is 31.2 Å². The lowest BCUT2D eigenvalue weighted by Gasteiger charge is -2.27. The number of hydrogen-bond acceptors (Lipinski definition) is 4. The molecule has 0 radical (unpaired) electrons. The molecular formula is C21H21NO4. The fourth-order valence-corrected chi connectivity index (χ4v) is 3.06. The summed E-state index contributed by atoms with van der Waals surface area (Å²) < 4.78 is 5.41. The normalized spacial score (nSPS) is 14.5. The van der Waals surface area contributed by atoms with E-state index in [1.165, 1.54) is 0 Å². The summed E-state index contributed by atoms with van der Waals surface area (Å²) in [4.78, 5) is 39.1. The molecular weight excluding hydrogens is 330 g/mol. The van der Waals surface area contributed by atoms with Gasteiger partial charge in [0, 0.05) is 0 Å². The molecule has 0 bridgehead atoms. The molecule has 2 aromatic carbocycles. The predicted octanol–water partition coefficient (Wildman–Crippen LogP) is 3.36. The van der Waals surface area contributed by atoms with Crippen molar-refractivity contribution in [1.29, 1.82) is 0 Å². The van der Waals surface area contributed by atoms with Crippen LogP contribution < -0.4 is 0 Å². The number of carbonyl (C=O) groups is 3. The van der Waals surface area contributed by atoms with Crippen LogP contribution in [0.5, 0.6) is 0 Å². The van der Waals surface area contributed by atoms with Crippen LogP contribution in [0.15, 0.2) is 48.5 Å². The Hall–Kier alpha value is -2.95. The number of amides is 2. The van der Waals surface area contributed by atoms with E-state index in [0.717, 1.165) is 16.0 Å². The molecule has 3 rings (SSSR count). The summed E-state index contributed by atoms with van der Waals surface area (Å²) in [5.74, 6) is -1.73. The number of nitrogens with zero attached hydrogens (tertiary/aromatic N) is 1. The number of hydrogen-bond donors (Lipinski definition) is 0. The Bertz CT molecular complexity index is 820. The van der Waals surface area contributed by atoms with Crippen molar-refractivity contribution in [1.82, 2.24) is 4.90 Å². The quantitative estimate of drug-likeness (QED) is 0.612. The van der Waals surface area contributed by atoms with Gasteiger partial charge in [-0.15, -0.1) is 0 Å². The minimum atomic E-state index is -0.951. The highest BCUT2D eigenvalue weighted by molar-refractivity contribution is 6.22. The summed E-state index contributed by atoms with van der Waals surface area (Å²) in [5, 5.41) is 0. The first kappa shape index (κ1) is 17.9. The lowest BCUT2D eigenvalue weighted by atomic mass is 10.0. The highest BCUT2D eigenvalue weighted by Gasteiger charge is 2.44. The molecule has 26 heavy (non-hydrogen) atoms. The molecule has 2 amide bonds. The van der Waals surface area contributed by atoms with Crippen molar-refractivity contribution in [3.63, 3.8) is 0 Å². The van der Waals surface area contributed by atoms with E-state index in [9.17, 15) is 14.4 Å². The Morgan fingerprint density at radius 2 is 1.50 bits per heavy atom. The second-order valence-corrected chi connectivity index (χ2v) is 6.81. The van der Waals surface area contributed by atoms with Crippen LogP contribution in [-0.2, 0) is 16.1 Å². The molecule has 134 valence electrons. The maximum absolute atomic E-state index is 12.7. The average Bonchev–Trinajstić information content (AvgIpc) is 2.87. The van der Waals surface area contributed by atoms with Crippen LogP contribution in [0.4, 0.5) is 0 Å². The number of benzene rings is 2. The van der Waals surface area contributed by atoms with Gasteiger partial charge in [0.25, 0.3) is 11.8 Å². The van der Waals surface area contributed by atoms with Gasteiger partial charge in [0.15, 0.2) is 0 Å². The third-order valence-electron chi connectivity index (χ3n) is 4.48. The molecule has 2 aromatic rings. The summed E-state index contributed by atoms with van der Waals surface area (Å²) in [6.45, 7) is 5.67. The van der Waals surface area contributed by atoms with Gasteiger partial charge >= 0.3 is 5.97 Å². The lowest BCUT2D eigenvalue weighted by Crippen LogP contribution is -2.48. The molecule has 1 heterocycles. The fraction of sp³-hybridized carbons (Fsp3) is 0.286. The number of ether oxygens (including phenoxy) is 1. The van der Waals surface area contributed by atoms with E-state index >= 15 is 0 Å². The van der Waals surface area contributed by atoms with E-state index in [2.05, 4.69) is 0 Å². The SMILES string of the molecule is Cc1ccc(COC(=O)[C@H](C(C)C)N2C(=O)c3ccccc3C2=O)cc1. The highest BCUT2D eigenvalue weighted by atomic mass is 16.5. The van der Waals surface area contributed by atoms with E-state index in [4.69, 9.17) is 4.74 Å². The maximum Gasteiger partial charge on any atom is 0.329 e. The summed E-state index contributed by atoms with van der Waals surface area (Å²) in [5.41, 5.74) is 2.63. The lowest BCUT2D eigenvalue weighted by molar-refractivity contribution is -0.151. The van der Waals surface area contributed by atoms with E-state index in [1.54, 1.807) is 38.1 Å². The predicted molar refractivity (Wildman–Crippen MR) is 96.5 cm³/mol. The average molecular weight is 351 g/mol. The molecule has 0 saturated carbocycles. The van der Waals surface area contributed by atoms with Crippen LogP contribution >= 0.6 is 0 Å². The molecule has 0 N–H and O–H groups in total. The van der Waals surface area contributed by atoms with Crippen LogP contribution in [0, 0.1) is 12.8 Å². The first-order valence-corrected chi connectivity index (χ1v) is 8.59. The van der Waals surface area contributed by atoms with E-state index in [-0.39, 0.29) is 12.5 Å². The number of aryl methyl sites for hydroxylation is 1. The molecule has 1 aliphatic rings. The van der Waals surface area contributed by atoms with Gasteiger partial charge in [0.05, 0.1) is 11.1 Å². The van der Waals surface area contributed by atoms with E-state index < -0.39 is 23.8 Å². The van der Waals surface area contributed by atoms with Crippen molar-refractivity contribution in [2.75, 3.05) is 0 Å². The summed E-state index contributed by atoms with van der Waals surface area (Å²) in [7, 11) is 0. The zero-order valence-electron chi connectivity index (χ0n) is 15.1. The van der Waals surface area contributed by atoms with Gasteiger partial charge in [-0.05, 0) is 30.5 Å². The van der Waals surface area contributed by atoms with Gasteiger partial charge in [-0.3, -0.25) is 14.5 Å². The standard InChI is InChI=1S/C21H21NO4/c1-13(2)18(21(25)26-12-15-10-8-14(3)9-11-15)22-19(23)16-6-4-5-7-17(16)20(22)24/h4-11,13,18H,12H2,1-3H3/t18-/m0/s1. The largest absolute Gasteiger partial charge is 0.459 e. The van der Waals surface area contributed by atoms with E-state index in [0.29, 0.717) is 11.1 Å². The van der Waals surface area contributed by atoms with Crippen LogP contribution in [0.3, 0.4) is 0 Å². The van der Waals surface area contributed by atoms with Gasteiger partial charge in [-0.1, -0.05) is 55.8 Å². The van der Waals surface area contributed by atoms with Crippen LogP contribution in [0.1, 0.15) is 45.7 Å². The van der Waals surface area contributed by atoms with Gasteiger partial charge in [-0.2, -0.15) is 0 Å². The van der Waals surface area contributed by atoms with Crippen molar-refractivity contribution in [3.05, 3.63) is 70.8 Å². The van der Waals surface area contributed by atoms with Crippen molar-refractivity contribution in [2.45, 2.75) is 33.4 Å². The molecule has 0 spiro atoms. The van der Waals surface area contributed by atoms with Crippen molar-refractivity contribution in [3.8, 4) is 0 Å². The fourth-order valence-electron chi connectivity index (χ4n) is 3.06. The highest BCUT2D eigenvalue weighted by Crippen LogP contribution is 2.27. The molecule has 0 fully saturated rings. The zero-order valence-corrected chi connectivity index (χ0v) is 15.1. The van der Waals surface area contributed by atoms with Crippen LogP contribution in [-0.4, -0.2) is 28.7 Å². The Balaban J connectivity index is 1.79. The van der Waals surface area contributed by atoms with Crippen molar-refractivity contribution in [2.24, 2.45) is 5.92 Å². The van der Waals surface area contributed by atoms with Crippen molar-refractivity contribution >= 4 is 17.8 Å². The van der Waals surface area contributed by atoms with Crippen LogP contribution in [0.25, 0.3) is 0 Å². The zero-order chi connectivity index (χ0) is 18.8. The number of fused-ring (bicyclic) bond motifs is 1. The molecule has 0 unspecified atom stereocenters. The second kappa shape index (κ2) is 7.12. The number of esters is 1. The smallest absolute Gasteiger partial charge is 0.329 e. The Morgan fingerprint density at radius 3 is 2.00 bits per heavy atom. The third-order valence-corrected chi connectivity index (χ3v) is 4.48. The number of imide groups is 1. The van der Waals surface area contributed by atoms with Crippen molar-refractivity contribution < 1.29 is 19.1 Å². The molecule has 1 aliphatic heterocycles. The molecule has 1 atom stereocenters. The van der Waals surface area contributed by atoms with Gasteiger partial charge < -0.3 is 4.74 Å². The van der Waals surface area contributed by atoms with Gasteiger partial charge in [0.1, 0.15) is 12.6 Å². The Labute approximate surface area is 152 Å². The molecule has 0 aromatic heterocycles. The summed E-state index contributed by atoms with van der Waals surface area (Å²) in [6.07, 6.45) is 0. The number of carbonyl (C=O) groups excluding carboxylic acids is 3. The first-order valence-electron chi connectivity index (χ1n) is 8.59. The molecule has 0 saturated heterocycles. The Kier molecular flexibility index (Phi) is 4.89. The minimum Gasteiger partial charge on any atom is -0.459 e. The van der Waals surface area contributed by atoms with Crippen LogP contribution in [0.2, 0.25) is 0 Å². The third kappa shape index (κ3) is 3.25. The summed E-state index contributed by atoms with van der Waals surface area (Å²) >= 11 is 0. The minimum absolute atomic E-state index is 0.103. The summed E-state index contributed by atoms with van der Waals surface area (Å²) in [6, 6.07) is 13.3.